The van der Waals surface area contributed by atoms with Crippen LogP contribution in [0.1, 0.15) is 26.3 Å². The van der Waals surface area contributed by atoms with E-state index in [0.717, 1.165) is 19.6 Å². The number of urea groups is 1. The number of piperazine rings is 1. The average Bonchev–Trinajstić information content (AvgIpc) is 2.53. The molecule has 2 rings (SSSR count). The second kappa shape index (κ2) is 7.21. The number of hydrogen-bond acceptors (Lipinski definition) is 3. The van der Waals surface area contributed by atoms with Gasteiger partial charge in [0.05, 0.1) is 5.60 Å². The van der Waals surface area contributed by atoms with Crippen LogP contribution in [0.2, 0.25) is 0 Å². The number of nitrogens with zero attached hydrogens (tertiary/aromatic N) is 2. The third-order valence-electron chi connectivity index (χ3n) is 4.56. The van der Waals surface area contributed by atoms with E-state index in [-0.39, 0.29) is 17.7 Å². The summed E-state index contributed by atoms with van der Waals surface area (Å²) in [4.78, 5) is 16.7. The van der Waals surface area contributed by atoms with Gasteiger partial charge in [-0.3, -0.25) is 0 Å². The maximum Gasteiger partial charge on any atom is 0.317 e. The smallest absolute Gasteiger partial charge is 0.317 e. The summed E-state index contributed by atoms with van der Waals surface area (Å²) in [5, 5.41) is 2.98. The molecule has 5 nitrogen and oxygen atoms in total. The highest BCUT2D eigenvalue weighted by Crippen LogP contribution is 2.22. The fourth-order valence-corrected chi connectivity index (χ4v) is 2.86. The highest BCUT2D eigenvalue weighted by atomic mass is 16.5. The van der Waals surface area contributed by atoms with Gasteiger partial charge in [-0.15, -0.1) is 0 Å². The van der Waals surface area contributed by atoms with Gasteiger partial charge in [-0.2, -0.15) is 0 Å². The molecule has 5 heteroatoms. The van der Waals surface area contributed by atoms with Crippen LogP contribution in [0.4, 0.5) is 10.5 Å². The van der Waals surface area contributed by atoms with Crippen molar-refractivity contribution in [2.24, 2.45) is 0 Å². The fourth-order valence-electron chi connectivity index (χ4n) is 2.86. The number of aryl methyl sites for hydroxylation is 1. The molecule has 128 valence electrons. The third-order valence-corrected chi connectivity index (χ3v) is 4.56. The van der Waals surface area contributed by atoms with Crippen LogP contribution in [0.25, 0.3) is 0 Å². The SMILES string of the molecule is COC(C)(C)CNC(=O)N1CCN(c2ccccc2C)CC1C. The molecule has 0 radical (unpaired) electrons. The standard InChI is InChI=1S/C18H29N3O2/c1-14-8-6-7-9-16(14)20-10-11-21(15(2)12-20)17(22)19-13-18(3,4)23-5/h6-9,15H,10-13H2,1-5H3,(H,19,22). The van der Waals surface area contributed by atoms with Crippen molar-refractivity contribution in [3.63, 3.8) is 0 Å². The van der Waals surface area contributed by atoms with Crippen LogP contribution in [0.5, 0.6) is 0 Å². The fraction of sp³-hybridized carbons (Fsp3) is 0.611. The van der Waals surface area contributed by atoms with E-state index in [1.807, 2.05) is 18.7 Å². The minimum Gasteiger partial charge on any atom is -0.377 e. The van der Waals surface area contributed by atoms with Gasteiger partial charge in [-0.05, 0) is 39.3 Å². The number of ether oxygens (including phenoxy) is 1. The number of rotatable bonds is 4. The first-order valence-electron chi connectivity index (χ1n) is 8.24. The average molecular weight is 319 g/mol. The molecule has 1 aromatic rings. The summed E-state index contributed by atoms with van der Waals surface area (Å²) in [6.07, 6.45) is 0. The Balaban J connectivity index is 1.94. The Bertz CT molecular complexity index is 545. The van der Waals surface area contributed by atoms with Gasteiger partial charge in [0.1, 0.15) is 0 Å². The first-order valence-corrected chi connectivity index (χ1v) is 8.24. The van der Waals surface area contributed by atoms with E-state index in [2.05, 4.69) is 48.3 Å². The molecule has 1 fully saturated rings. The molecule has 0 aliphatic carbocycles. The van der Waals surface area contributed by atoms with Crippen LogP contribution in [0.3, 0.4) is 0 Å². The minimum absolute atomic E-state index is 0.00735. The molecule has 1 atom stereocenters. The molecule has 0 bridgehead atoms. The first-order chi connectivity index (χ1) is 10.8. The lowest BCUT2D eigenvalue weighted by Gasteiger charge is -2.41. The molecule has 1 aromatic carbocycles. The molecule has 1 unspecified atom stereocenters. The van der Waals surface area contributed by atoms with Crippen LogP contribution in [0, 0.1) is 6.92 Å². The van der Waals surface area contributed by atoms with Crippen LogP contribution >= 0.6 is 0 Å². The molecule has 23 heavy (non-hydrogen) atoms. The minimum atomic E-state index is -0.345. The maximum absolute atomic E-state index is 12.4. The Labute approximate surface area is 139 Å². The van der Waals surface area contributed by atoms with Crippen molar-refractivity contribution < 1.29 is 9.53 Å². The van der Waals surface area contributed by atoms with Crippen molar-refractivity contribution in [2.75, 3.05) is 38.2 Å². The van der Waals surface area contributed by atoms with Crippen LogP contribution in [-0.4, -0.2) is 55.9 Å². The maximum atomic E-state index is 12.4. The quantitative estimate of drug-likeness (QED) is 0.928. The Morgan fingerprint density at radius 1 is 1.35 bits per heavy atom. The van der Waals surface area contributed by atoms with E-state index in [1.165, 1.54) is 11.3 Å². The van der Waals surface area contributed by atoms with E-state index >= 15 is 0 Å². The van der Waals surface area contributed by atoms with Crippen molar-refractivity contribution in [1.82, 2.24) is 10.2 Å². The molecule has 0 saturated carbocycles. The van der Waals surface area contributed by atoms with Crippen LogP contribution in [0.15, 0.2) is 24.3 Å². The number of para-hydroxylation sites is 1. The normalized spacial score (nSPS) is 18.9. The second-order valence-corrected chi connectivity index (χ2v) is 6.90. The zero-order valence-corrected chi connectivity index (χ0v) is 14.9. The van der Waals surface area contributed by atoms with Gasteiger partial charge < -0.3 is 19.9 Å². The van der Waals surface area contributed by atoms with Crippen molar-refractivity contribution in [3.8, 4) is 0 Å². The van der Waals surface area contributed by atoms with Gasteiger partial charge in [0, 0.05) is 45.0 Å². The predicted octanol–water partition coefficient (Wildman–Crippen LogP) is 2.64. The number of methoxy groups -OCH3 is 1. The Kier molecular flexibility index (Phi) is 5.52. The number of benzene rings is 1. The predicted molar refractivity (Wildman–Crippen MR) is 94.0 cm³/mol. The van der Waals surface area contributed by atoms with E-state index < -0.39 is 0 Å². The number of amides is 2. The van der Waals surface area contributed by atoms with E-state index in [9.17, 15) is 4.79 Å². The monoisotopic (exact) mass is 319 g/mol. The zero-order valence-electron chi connectivity index (χ0n) is 14.9. The molecule has 1 aliphatic rings. The van der Waals surface area contributed by atoms with E-state index in [1.54, 1.807) is 7.11 Å². The summed E-state index contributed by atoms with van der Waals surface area (Å²) in [7, 11) is 1.66. The molecular formula is C18H29N3O2. The molecule has 1 heterocycles. The van der Waals surface area contributed by atoms with Crippen LogP contribution < -0.4 is 10.2 Å². The summed E-state index contributed by atoms with van der Waals surface area (Å²) in [5.74, 6) is 0. The second-order valence-electron chi connectivity index (χ2n) is 6.90. The van der Waals surface area contributed by atoms with Gasteiger partial charge in [-0.1, -0.05) is 18.2 Å². The Morgan fingerprint density at radius 2 is 2.04 bits per heavy atom. The lowest BCUT2D eigenvalue weighted by atomic mass is 10.1. The van der Waals surface area contributed by atoms with E-state index in [4.69, 9.17) is 4.74 Å². The molecule has 0 aromatic heterocycles. The summed E-state index contributed by atoms with van der Waals surface area (Å²) in [6, 6.07) is 8.58. The lowest BCUT2D eigenvalue weighted by Crippen LogP contribution is -2.57. The molecule has 0 spiro atoms. The van der Waals surface area contributed by atoms with Gasteiger partial charge >= 0.3 is 6.03 Å². The Morgan fingerprint density at radius 3 is 2.65 bits per heavy atom. The van der Waals surface area contributed by atoms with Gasteiger partial charge in [0.2, 0.25) is 0 Å². The summed E-state index contributed by atoms with van der Waals surface area (Å²) in [5.41, 5.74) is 2.20. The topological polar surface area (TPSA) is 44.8 Å². The zero-order chi connectivity index (χ0) is 17.0. The van der Waals surface area contributed by atoms with E-state index in [0.29, 0.717) is 6.54 Å². The highest BCUT2D eigenvalue weighted by molar-refractivity contribution is 5.75. The largest absolute Gasteiger partial charge is 0.377 e. The summed E-state index contributed by atoms with van der Waals surface area (Å²) in [6.45, 7) is 11.1. The lowest BCUT2D eigenvalue weighted by molar-refractivity contribution is 0.0238. The first kappa shape index (κ1) is 17.6. The number of hydrogen-bond donors (Lipinski definition) is 1. The van der Waals surface area contributed by atoms with Gasteiger partial charge in [0.15, 0.2) is 0 Å². The molecule has 1 aliphatic heterocycles. The number of carbonyl (C=O) groups is 1. The third kappa shape index (κ3) is 4.38. The molecule has 1 saturated heterocycles. The van der Waals surface area contributed by atoms with Gasteiger partial charge in [0.25, 0.3) is 0 Å². The van der Waals surface area contributed by atoms with Crippen molar-refractivity contribution in [2.45, 2.75) is 39.3 Å². The Hall–Kier alpha value is -1.75. The molecule has 1 N–H and O–H groups in total. The van der Waals surface area contributed by atoms with Crippen molar-refractivity contribution in [3.05, 3.63) is 29.8 Å². The van der Waals surface area contributed by atoms with Crippen molar-refractivity contribution >= 4 is 11.7 Å². The van der Waals surface area contributed by atoms with Crippen molar-refractivity contribution in [1.29, 1.82) is 0 Å². The highest BCUT2D eigenvalue weighted by Gasteiger charge is 2.29. The number of nitrogens with one attached hydrogen (secondary N) is 1. The van der Waals surface area contributed by atoms with Crippen LogP contribution in [-0.2, 0) is 4.74 Å². The molecular weight excluding hydrogens is 290 g/mol. The number of carbonyl (C=O) groups excluding carboxylic acids is 1. The van der Waals surface area contributed by atoms with Gasteiger partial charge in [-0.25, -0.2) is 4.79 Å². The summed E-state index contributed by atoms with van der Waals surface area (Å²) >= 11 is 0. The number of anilines is 1. The molecule has 2 amide bonds. The summed E-state index contributed by atoms with van der Waals surface area (Å²) < 4.78 is 5.35.